The van der Waals surface area contributed by atoms with Crippen LogP contribution in [0.1, 0.15) is 25.8 Å². The van der Waals surface area contributed by atoms with E-state index in [4.69, 9.17) is 4.74 Å². The molecule has 1 aromatic carbocycles. The third kappa shape index (κ3) is 5.29. The molecule has 2 unspecified atom stereocenters. The first-order chi connectivity index (χ1) is 8.13. The first-order valence-electron chi connectivity index (χ1n) is 6.12. The van der Waals surface area contributed by atoms with E-state index in [1.54, 1.807) is 13.2 Å². The molecule has 0 aliphatic rings. The van der Waals surface area contributed by atoms with E-state index < -0.39 is 0 Å². The van der Waals surface area contributed by atoms with E-state index in [2.05, 4.69) is 19.2 Å². The summed E-state index contributed by atoms with van der Waals surface area (Å²) < 4.78 is 18.5. The van der Waals surface area contributed by atoms with Crippen molar-refractivity contribution >= 4 is 0 Å². The van der Waals surface area contributed by atoms with Crippen LogP contribution in [0.5, 0.6) is 0 Å². The van der Waals surface area contributed by atoms with Gasteiger partial charge in [-0.3, -0.25) is 0 Å². The monoisotopic (exact) mass is 239 g/mol. The predicted octanol–water partition coefficient (Wildman–Crippen LogP) is 2.77. The quantitative estimate of drug-likeness (QED) is 0.790. The number of hydrogen-bond donors (Lipinski definition) is 1. The van der Waals surface area contributed by atoms with Gasteiger partial charge in [-0.15, -0.1) is 0 Å². The van der Waals surface area contributed by atoms with Crippen molar-refractivity contribution in [2.45, 2.75) is 38.8 Å². The summed E-state index contributed by atoms with van der Waals surface area (Å²) in [6.45, 7) is 4.95. The topological polar surface area (TPSA) is 21.3 Å². The van der Waals surface area contributed by atoms with E-state index in [0.29, 0.717) is 12.5 Å². The number of halogens is 1. The van der Waals surface area contributed by atoms with Gasteiger partial charge in [0.15, 0.2) is 0 Å². The molecule has 2 nitrogen and oxygen atoms in total. The Morgan fingerprint density at radius 2 is 1.94 bits per heavy atom. The Bertz CT molecular complexity index is 330. The highest BCUT2D eigenvalue weighted by Crippen LogP contribution is 2.09. The fourth-order valence-electron chi connectivity index (χ4n) is 1.92. The molecule has 96 valence electrons. The zero-order valence-electron chi connectivity index (χ0n) is 10.9. The van der Waals surface area contributed by atoms with Crippen LogP contribution in [-0.4, -0.2) is 25.8 Å². The summed E-state index contributed by atoms with van der Waals surface area (Å²) in [6.07, 6.45) is 1.68. The Labute approximate surface area is 103 Å². The normalized spacial score (nSPS) is 14.6. The maximum Gasteiger partial charge on any atom is 0.126 e. The van der Waals surface area contributed by atoms with Gasteiger partial charge in [0.2, 0.25) is 0 Å². The van der Waals surface area contributed by atoms with Gasteiger partial charge >= 0.3 is 0 Å². The molecule has 0 spiro atoms. The SMILES string of the molecule is COCCC(C)NC(C)Cc1ccccc1F. The largest absolute Gasteiger partial charge is 0.385 e. The lowest BCUT2D eigenvalue weighted by Gasteiger charge is -2.20. The van der Waals surface area contributed by atoms with Crippen molar-refractivity contribution in [3.05, 3.63) is 35.6 Å². The molecule has 0 heterocycles. The number of rotatable bonds is 7. The van der Waals surface area contributed by atoms with Gasteiger partial charge in [-0.2, -0.15) is 0 Å². The molecule has 0 saturated heterocycles. The molecular weight excluding hydrogens is 217 g/mol. The third-order valence-corrected chi connectivity index (χ3v) is 2.81. The lowest BCUT2D eigenvalue weighted by atomic mass is 10.1. The van der Waals surface area contributed by atoms with Gasteiger partial charge in [0.1, 0.15) is 5.82 Å². The van der Waals surface area contributed by atoms with Crippen molar-refractivity contribution < 1.29 is 9.13 Å². The number of hydrogen-bond acceptors (Lipinski definition) is 2. The van der Waals surface area contributed by atoms with Crippen molar-refractivity contribution in [1.82, 2.24) is 5.32 Å². The number of methoxy groups -OCH3 is 1. The molecule has 3 heteroatoms. The van der Waals surface area contributed by atoms with Crippen LogP contribution in [0.3, 0.4) is 0 Å². The van der Waals surface area contributed by atoms with E-state index >= 15 is 0 Å². The number of ether oxygens (including phenoxy) is 1. The number of benzene rings is 1. The zero-order chi connectivity index (χ0) is 12.7. The summed E-state index contributed by atoms with van der Waals surface area (Å²) in [5.41, 5.74) is 0.770. The Morgan fingerprint density at radius 1 is 1.24 bits per heavy atom. The maximum absolute atomic E-state index is 13.4. The van der Waals surface area contributed by atoms with Crippen LogP contribution in [0.15, 0.2) is 24.3 Å². The van der Waals surface area contributed by atoms with Crippen molar-refractivity contribution in [2.75, 3.05) is 13.7 Å². The van der Waals surface area contributed by atoms with Crippen LogP contribution in [-0.2, 0) is 11.2 Å². The van der Waals surface area contributed by atoms with Crippen molar-refractivity contribution in [3.63, 3.8) is 0 Å². The lowest BCUT2D eigenvalue weighted by molar-refractivity contribution is 0.183. The van der Waals surface area contributed by atoms with Gasteiger partial charge in [0.05, 0.1) is 0 Å². The molecule has 0 amide bonds. The standard InChI is InChI=1S/C14H22FNO/c1-11(8-9-17-3)16-12(2)10-13-6-4-5-7-14(13)15/h4-7,11-12,16H,8-10H2,1-3H3. The highest BCUT2D eigenvalue weighted by molar-refractivity contribution is 5.18. The molecular formula is C14H22FNO. The maximum atomic E-state index is 13.4. The minimum absolute atomic E-state index is 0.120. The molecule has 0 saturated carbocycles. The first kappa shape index (κ1) is 14.1. The summed E-state index contributed by atoms with van der Waals surface area (Å²) in [4.78, 5) is 0. The van der Waals surface area contributed by atoms with Crippen LogP contribution >= 0.6 is 0 Å². The van der Waals surface area contributed by atoms with Gasteiger partial charge in [0, 0.05) is 25.8 Å². The molecule has 0 bridgehead atoms. The molecule has 0 radical (unpaired) electrons. The second-order valence-electron chi connectivity index (χ2n) is 4.55. The Morgan fingerprint density at radius 3 is 2.59 bits per heavy atom. The van der Waals surface area contributed by atoms with Crippen molar-refractivity contribution in [2.24, 2.45) is 0 Å². The molecule has 17 heavy (non-hydrogen) atoms. The summed E-state index contributed by atoms with van der Waals surface area (Å²) in [5, 5.41) is 3.44. The van der Waals surface area contributed by atoms with E-state index in [0.717, 1.165) is 18.6 Å². The fraction of sp³-hybridized carbons (Fsp3) is 0.571. The van der Waals surface area contributed by atoms with Gasteiger partial charge in [-0.1, -0.05) is 18.2 Å². The summed E-state index contributed by atoms with van der Waals surface area (Å²) >= 11 is 0. The Balaban J connectivity index is 2.39. The highest BCUT2D eigenvalue weighted by atomic mass is 19.1. The molecule has 1 rings (SSSR count). The molecule has 0 aliphatic heterocycles. The van der Waals surface area contributed by atoms with Crippen LogP contribution < -0.4 is 5.32 Å². The molecule has 0 fully saturated rings. The van der Waals surface area contributed by atoms with Gasteiger partial charge < -0.3 is 10.1 Å². The Hall–Kier alpha value is -0.930. The predicted molar refractivity (Wildman–Crippen MR) is 68.7 cm³/mol. The highest BCUT2D eigenvalue weighted by Gasteiger charge is 2.10. The van der Waals surface area contributed by atoms with Crippen LogP contribution in [0.25, 0.3) is 0 Å². The van der Waals surface area contributed by atoms with Gasteiger partial charge in [-0.25, -0.2) is 4.39 Å². The van der Waals surface area contributed by atoms with E-state index in [1.807, 2.05) is 12.1 Å². The van der Waals surface area contributed by atoms with E-state index in [9.17, 15) is 4.39 Å². The second kappa shape index (κ2) is 7.41. The van der Waals surface area contributed by atoms with Crippen LogP contribution in [0, 0.1) is 5.82 Å². The van der Waals surface area contributed by atoms with E-state index in [-0.39, 0.29) is 11.9 Å². The molecule has 2 atom stereocenters. The molecule has 1 aromatic rings. The second-order valence-corrected chi connectivity index (χ2v) is 4.55. The zero-order valence-corrected chi connectivity index (χ0v) is 10.9. The summed E-state index contributed by atoms with van der Waals surface area (Å²) in [5.74, 6) is -0.120. The first-order valence-corrected chi connectivity index (χ1v) is 6.12. The smallest absolute Gasteiger partial charge is 0.126 e. The Kier molecular flexibility index (Phi) is 6.16. The molecule has 0 aliphatic carbocycles. The minimum atomic E-state index is -0.120. The van der Waals surface area contributed by atoms with Gasteiger partial charge in [-0.05, 0) is 38.3 Å². The van der Waals surface area contributed by atoms with Crippen molar-refractivity contribution in [1.29, 1.82) is 0 Å². The fourth-order valence-corrected chi connectivity index (χ4v) is 1.92. The third-order valence-electron chi connectivity index (χ3n) is 2.81. The van der Waals surface area contributed by atoms with Crippen LogP contribution in [0.2, 0.25) is 0 Å². The van der Waals surface area contributed by atoms with Gasteiger partial charge in [0.25, 0.3) is 0 Å². The van der Waals surface area contributed by atoms with Crippen molar-refractivity contribution in [3.8, 4) is 0 Å². The minimum Gasteiger partial charge on any atom is -0.385 e. The van der Waals surface area contributed by atoms with Crippen LogP contribution in [0.4, 0.5) is 4.39 Å². The molecule has 0 aromatic heterocycles. The van der Waals surface area contributed by atoms with E-state index in [1.165, 1.54) is 6.07 Å². The summed E-state index contributed by atoms with van der Waals surface area (Å²) in [6, 6.07) is 7.59. The average Bonchev–Trinajstić information content (AvgIpc) is 2.29. The molecule has 1 N–H and O–H groups in total. The average molecular weight is 239 g/mol. The lowest BCUT2D eigenvalue weighted by Crippen LogP contribution is -2.36. The number of nitrogens with one attached hydrogen (secondary N) is 1. The summed E-state index contributed by atoms with van der Waals surface area (Å²) in [7, 11) is 1.70.